The first-order valence-electron chi connectivity index (χ1n) is 12.3. The fourth-order valence-corrected chi connectivity index (χ4v) is 3.74. The summed E-state index contributed by atoms with van der Waals surface area (Å²) in [6.07, 6.45) is 3.17. The highest BCUT2D eigenvalue weighted by atomic mass is 32.2. The normalized spacial score (nSPS) is 13.9. The third-order valence-corrected chi connectivity index (χ3v) is 6.03. The van der Waals surface area contributed by atoms with Gasteiger partial charge in [0.2, 0.25) is 17.7 Å². The Hall–Kier alpha value is -3.11. The fraction of sp³-hybridized carbons (Fsp3) is 0.727. The molecule has 13 N–H and O–H groups in total. The number of rotatable bonds is 21. The van der Waals surface area contributed by atoms with Gasteiger partial charge in [-0.1, -0.05) is 6.42 Å². The van der Waals surface area contributed by atoms with Crippen LogP contribution in [0.3, 0.4) is 0 Å². The van der Waals surface area contributed by atoms with Gasteiger partial charge in [-0.2, -0.15) is 11.8 Å². The molecule has 4 atom stereocenters. The van der Waals surface area contributed by atoms with Crippen LogP contribution in [0, 0.1) is 0 Å². The number of carbonyl (C=O) groups is 5. The minimum atomic E-state index is -1.36. The van der Waals surface area contributed by atoms with E-state index in [0.717, 1.165) is 0 Å². The topological polar surface area (TPSA) is 278 Å². The lowest BCUT2D eigenvalue weighted by Gasteiger charge is -2.25. The van der Waals surface area contributed by atoms with Crippen molar-refractivity contribution in [2.75, 3.05) is 25.1 Å². The summed E-state index contributed by atoms with van der Waals surface area (Å²) in [5.74, 6) is -4.35. The molecule has 0 heterocycles. The van der Waals surface area contributed by atoms with Crippen molar-refractivity contribution in [1.82, 2.24) is 16.0 Å². The van der Waals surface area contributed by atoms with Crippen LogP contribution >= 0.6 is 11.8 Å². The van der Waals surface area contributed by atoms with Crippen molar-refractivity contribution in [2.45, 2.75) is 75.5 Å². The number of unbranched alkanes of at least 4 members (excludes halogenated alkanes) is 1. The maximum atomic E-state index is 13.1. The predicted molar refractivity (Wildman–Crippen MR) is 144 cm³/mol. The van der Waals surface area contributed by atoms with Gasteiger partial charge in [-0.3, -0.25) is 24.2 Å². The number of aliphatic imine (C=N–C) groups is 1. The van der Waals surface area contributed by atoms with Crippen LogP contribution in [0.4, 0.5) is 0 Å². The number of carbonyl (C=O) groups excluding carboxylic acids is 3. The maximum absolute atomic E-state index is 13.1. The Morgan fingerprint density at radius 1 is 0.816 bits per heavy atom. The summed E-state index contributed by atoms with van der Waals surface area (Å²) in [4.78, 5) is 65.1. The Balaban J connectivity index is 5.61. The molecule has 0 rings (SSSR count). The third kappa shape index (κ3) is 15.9. The third-order valence-electron chi connectivity index (χ3n) is 5.39. The number of nitrogens with one attached hydrogen (secondary N) is 3. The average Bonchev–Trinajstić information content (AvgIpc) is 2.85. The Morgan fingerprint density at radius 2 is 1.39 bits per heavy atom. The molecule has 0 fully saturated rings. The van der Waals surface area contributed by atoms with Gasteiger partial charge in [-0.25, -0.2) is 4.79 Å². The lowest BCUT2D eigenvalue weighted by atomic mass is 10.1. The largest absolute Gasteiger partial charge is 0.481 e. The summed E-state index contributed by atoms with van der Waals surface area (Å²) in [5, 5.41) is 25.8. The molecule has 3 amide bonds. The summed E-state index contributed by atoms with van der Waals surface area (Å²) in [5.41, 5.74) is 22.0. The zero-order chi connectivity index (χ0) is 29.1. The second-order valence-electron chi connectivity index (χ2n) is 8.58. The molecular weight excluding hydrogens is 520 g/mol. The zero-order valence-corrected chi connectivity index (χ0v) is 22.5. The van der Waals surface area contributed by atoms with E-state index < -0.39 is 60.2 Å². The number of thioether (sulfide) groups is 1. The molecule has 16 heteroatoms. The van der Waals surface area contributed by atoms with Crippen LogP contribution in [0.15, 0.2) is 4.99 Å². The number of aliphatic carboxylic acids is 2. The van der Waals surface area contributed by atoms with Gasteiger partial charge in [0.05, 0.1) is 6.04 Å². The van der Waals surface area contributed by atoms with Gasteiger partial charge in [0, 0.05) is 13.0 Å². The van der Waals surface area contributed by atoms with Gasteiger partial charge in [-0.15, -0.1) is 0 Å². The molecule has 218 valence electrons. The van der Waals surface area contributed by atoms with E-state index in [9.17, 15) is 29.1 Å². The fourth-order valence-electron chi connectivity index (χ4n) is 3.27. The van der Waals surface area contributed by atoms with Crippen LogP contribution < -0.4 is 38.9 Å². The molecule has 0 saturated heterocycles. The van der Waals surface area contributed by atoms with E-state index in [4.69, 9.17) is 28.0 Å². The van der Waals surface area contributed by atoms with Gasteiger partial charge in [-0.05, 0) is 57.1 Å². The maximum Gasteiger partial charge on any atom is 0.326 e. The van der Waals surface area contributed by atoms with E-state index in [1.54, 1.807) is 6.26 Å². The lowest BCUT2D eigenvalue weighted by molar-refractivity contribution is -0.143. The summed E-state index contributed by atoms with van der Waals surface area (Å²) < 4.78 is 0. The standard InChI is InChI=1S/C22H42N8O7S/c1-38-12-9-16(21(36)37)30-20(35)15(7-8-17(31)32)29-19(34)14(6-4-11-27-22(25)26)28-18(33)13(24)5-2-3-10-23/h13-16H,2-12,23-24H2,1H3,(H,28,33)(H,29,34)(H,30,35)(H,31,32)(H,36,37)(H4,25,26,27). The first-order chi connectivity index (χ1) is 17.9. The van der Waals surface area contributed by atoms with E-state index >= 15 is 0 Å². The van der Waals surface area contributed by atoms with Crippen LogP contribution in [-0.4, -0.2) is 95.1 Å². The summed E-state index contributed by atoms with van der Waals surface area (Å²) in [7, 11) is 0. The molecule has 4 unspecified atom stereocenters. The minimum absolute atomic E-state index is 0.0859. The number of carboxylic acid groups (broad SMARTS) is 2. The summed E-state index contributed by atoms with van der Waals surface area (Å²) >= 11 is 1.39. The van der Waals surface area contributed by atoms with E-state index in [0.29, 0.717) is 38.0 Å². The first-order valence-corrected chi connectivity index (χ1v) is 13.7. The molecule has 0 aliphatic rings. The summed E-state index contributed by atoms with van der Waals surface area (Å²) in [6, 6.07) is -4.61. The van der Waals surface area contributed by atoms with Gasteiger partial charge in [0.15, 0.2) is 5.96 Å². The van der Waals surface area contributed by atoms with Gasteiger partial charge < -0.3 is 49.1 Å². The number of carboxylic acids is 2. The smallest absolute Gasteiger partial charge is 0.326 e. The number of hydrogen-bond donors (Lipinski definition) is 9. The molecule has 0 aromatic heterocycles. The summed E-state index contributed by atoms with van der Waals surface area (Å²) in [6.45, 7) is 0.618. The van der Waals surface area contributed by atoms with E-state index in [2.05, 4.69) is 20.9 Å². The highest BCUT2D eigenvalue weighted by molar-refractivity contribution is 7.98. The molecule has 0 spiro atoms. The Morgan fingerprint density at radius 3 is 1.92 bits per heavy atom. The average molecular weight is 563 g/mol. The zero-order valence-electron chi connectivity index (χ0n) is 21.7. The molecule has 38 heavy (non-hydrogen) atoms. The number of amides is 3. The molecule has 0 aromatic carbocycles. The second-order valence-corrected chi connectivity index (χ2v) is 9.56. The van der Waals surface area contributed by atoms with Crippen molar-refractivity contribution in [2.24, 2.45) is 27.9 Å². The van der Waals surface area contributed by atoms with Crippen molar-refractivity contribution in [3.63, 3.8) is 0 Å². The van der Waals surface area contributed by atoms with E-state index in [1.165, 1.54) is 11.8 Å². The molecule has 0 saturated carbocycles. The number of guanidine groups is 1. The Bertz CT molecular complexity index is 811. The molecule has 0 radical (unpaired) electrons. The van der Waals surface area contributed by atoms with Crippen molar-refractivity contribution in [1.29, 1.82) is 0 Å². The predicted octanol–water partition coefficient (Wildman–Crippen LogP) is -2.35. The molecular formula is C22H42N8O7S. The SMILES string of the molecule is CSCCC(NC(=O)C(CCC(=O)O)NC(=O)C(CCCN=C(N)N)NC(=O)C(N)CCCCN)C(=O)O. The Labute approximate surface area is 226 Å². The monoisotopic (exact) mass is 562 g/mol. The van der Waals surface area contributed by atoms with Crippen LogP contribution in [0.1, 0.15) is 51.4 Å². The minimum Gasteiger partial charge on any atom is -0.481 e. The van der Waals surface area contributed by atoms with Crippen molar-refractivity contribution in [3.05, 3.63) is 0 Å². The van der Waals surface area contributed by atoms with Crippen LogP contribution in [0.25, 0.3) is 0 Å². The second kappa shape index (κ2) is 19.9. The van der Waals surface area contributed by atoms with Crippen LogP contribution in [0.5, 0.6) is 0 Å². The van der Waals surface area contributed by atoms with Crippen molar-refractivity contribution in [3.8, 4) is 0 Å². The van der Waals surface area contributed by atoms with Crippen LogP contribution in [-0.2, 0) is 24.0 Å². The van der Waals surface area contributed by atoms with E-state index in [-0.39, 0.29) is 31.8 Å². The number of hydrogen-bond acceptors (Lipinski definition) is 9. The molecule has 0 aliphatic carbocycles. The van der Waals surface area contributed by atoms with E-state index in [1.807, 2.05) is 0 Å². The molecule has 0 aromatic rings. The molecule has 0 aliphatic heterocycles. The highest BCUT2D eigenvalue weighted by Crippen LogP contribution is 2.07. The number of nitrogens with two attached hydrogens (primary N) is 4. The highest BCUT2D eigenvalue weighted by Gasteiger charge is 2.30. The number of nitrogens with zero attached hydrogens (tertiary/aromatic N) is 1. The quantitative estimate of drug-likeness (QED) is 0.0404. The molecule has 15 nitrogen and oxygen atoms in total. The molecule has 0 bridgehead atoms. The Kier molecular flexibility index (Phi) is 18.3. The van der Waals surface area contributed by atoms with Crippen LogP contribution in [0.2, 0.25) is 0 Å². The van der Waals surface area contributed by atoms with Gasteiger partial charge in [0.1, 0.15) is 18.1 Å². The van der Waals surface area contributed by atoms with Gasteiger partial charge >= 0.3 is 11.9 Å². The van der Waals surface area contributed by atoms with Crippen molar-refractivity contribution >= 4 is 47.4 Å². The van der Waals surface area contributed by atoms with Gasteiger partial charge in [0.25, 0.3) is 0 Å². The first kappa shape index (κ1) is 34.9. The van der Waals surface area contributed by atoms with Crippen molar-refractivity contribution < 1.29 is 34.2 Å². The lowest BCUT2D eigenvalue weighted by Crippen LogP contribution is -2.57.